The Labute approximate surface area is 132 Å². The molecule has 2 N–H and O–H groups in total. The quantitative estimate of drug-likeness (QED) is 0.884. The highest BCUT2D eigenvalue weighted by molar-refractivity contribution is 5.86. The third-order valence-corrected chi connectivity index (χ3v) is 2.74. The van der Waals surface area contributed by atoms with Crippen molar-refractivity contribution in [2.75, 3.05) is 12.4 Å². The summed E-state index contributed by atoms with van der Waals surface area (Å²) in [6.45, 7) is 4.98. The molecule has 0 radical (unpaired) electrons. The Kier molecular flexibility index (Phi) is 5.87. The van der Waals surface area contributed by atoms with Gasteiger partial charge >= 0.3 is 12.3 Å². The van der Waals surface area contributed by atoms with E-state index in [2.05, 4.69) is 5.32 Å². The van der Waals surface area contributed by atoms with Crippen LogP contribution in [0, 0.1) is 0 Å². The first kappa shape index (κ1) is 19.1. The predicted molar refractivity (Wildman–Crippen MR) is 78.6 cm³/mol. The number of rotatable bonds is 4. The number of hydrogen-bond acceptors (Lipinski definition) is 4. The van der Waals surface area contributed by atoms with Crippen molar-refractivity contribution in [2.45, 2.75) is 45.1 Å². The molecule has 0 aliphatic rings. The van der Waals surface area contributed by atoms with Gasteiger partial charge in [0.05, 0.1) is 7.11 Å². The van der Waals surface area contributed by atoms with Crippen molar-refractivity contribution < 1.29 is 32.5 Å². The van der Waals surface area contributed by atoms with Gasteiger partial charge in [0.15, 0.2) is 6.10 Å². The van der Waals surface area contributed by atoms with E-state index >= 15 is 0 Å². The first-order valence-electron chi connectivity index (χ1n) is 6.84. The summed E-state index contributed by atoms with van der Waals surface area (Å²) in [5.74, 6) is 0.309. The van der Waals surface area contributed by atoms with Crippen molar-refractivity contribution in [1.82, 2.24) is 0 Å². The molecule has 1 atom stereocenters. The van der Waals surface area contributed by atoms with Gasteiger partial charge in [0.1, 0.15) is 11.4 Å². The van der Waals surface area contributed by atoms with E-state index < -0.39 is 30.4 Å². The van der Waals surface area contributed by atoms with Crippen molar-refractivity contribution in [3.63, 3.8) is 0 Å². The molecule has 1 aromatic rings. The Morgan fingerprint density at radius 3 is 2.39 bits per heavy atom. The lowest BCUT2D eigenvalue weighted by molar-refractivity contribution is -0.203. The summed E-state index contributed by atoms with van der Waals surface area (Å²) in [4.78, 5) is 11.8. The molecule has 0 aromatic heterocycles. The standard InChI is InChI=1S/C15H20F3NO4/c1-14(2,3)23-13(21)19-11-6-5-10(22-4)7-9(11)8-12(20)15(16,17)18/h5-7,12,20H,8H2,1-4H3,(H,19,21). The van der Waals surface area contributed by atoms with Crippen LogP contribution < -0.4 is 10.1 Å². The molecular weight excluding hydrogens is 315 g/mol. The van der Waals surface area contributed by atoms with Gasteiger partial charge in [-0.3, -0.25) is 5.32 Å². The Hall–Kier alpha value is -1.96. The van der Waals surface area contributed by atoms with Gasteiger partial charge in [-0.1, -0.05) is 0 Å². The van der Waals surface area contributed by atoms with Crippen LogP contribution in [0.3, 0.4) is 0 Å². The van der Waals surface area contributed by atoms with E-state index in [0.717, 1.165) is 0 Å². The first-order valence-corrected chi connectivity index (χ1v) is 6.84. The number of carbonyl (C=O) groups excluding carboxylic acids is 1. The normalized spacial score (nSPS) is 13.4. The molecule has 0 aliphatic carbocycles. The Morgan fingerprint density at radius 2 is 1.91 bits per heavy atom. The van der Waals surface area contributed by atoms with Gasteiger partial charge in [-0.25, -0.2) is 4.79 Å². The van der Waals surface area contributed by atoms with Gasteiger partial charge in [0, 0.05) is 12.1 Å². The topological polar surface area (TPSA) is 67.8 Å². The van der Waals surface area contributed by atoms with Gasteiger partial charge in [-0.2, -0.15) is 13.2 Å². The summed E-state index contributed by atoms with van der Waals surface area (Å²) in [6, 6.07) is 4.19. The second kappa shape index (κ2) is 7.08. The molecule has 0 fully saturated rings. The van der Waals surface area contributed by atoms with E-state index in [1.54, 1.807) is 20.8 Å². The zero-order valence-corrected chi connectivity index (χ0v) is 13.3. The molecule has 0 bridgehead atoms. The minimum atomic E-state index is -4.76. The van der Waals surface area contributed by atoms with Gasteiger partial charge in [0.2, 0.25) is 0 Å². The molecule has 0 aliphatic heterocycles. The molecule has 23 heavy (non-hydrogen) atoms. The van der Waals surface area contributed by atoms with Crippen LogP contribution in [0.2, 0.25) is 0 Å². The third kappa shape index (κ3) is 6.35. The minimum absolute atomic E-state index is 0.0834. The Morgan fingerprint density at radius 1 is 1.30 bits per heavy atom. The van der Waals surface area contributed by atoms with Gasteiger partial charge < -0.3 is 14.6 Å². The van der Waals surface area contributed by atoms with Crippen molar-refractivity contribution in [2.24, 2.45) is 0 Å². The number of halogens is 3. The molecule has 8 heteroatoms. The van der Waals surface area contributed by atoms with E-state index in [4.69, 9.17) is 9.47 Å². The monoisotopic (exact) mass is 335 g/mol. The van der Waals surface area contributed by atoms with Crippen molar-refractivity contribution in [3.05, 3.63) is 23.8 Å². The Balaban J connectivity index is 3.00. The number of aliphatic hydroxyl groups excluding tert-OH is 1. The van der Waals surface area contributed by atoms with Gasteiger partial charge in [-0.05, 0) is 44.5 Å². The smallest absolute Gasteiger partial charge is 0.414 e. The summed E-state index contributed by atoms with van der Waals surface area (Å²) in [6.07, 6.45) is -8.82. The van der Waals surface area contributed by atoms with E-state index in [-0.39, 0.29) is 11.3 Å². The number of alkyl halides is 3. The van der Waals surface area contributed by atoms with E-state index in [1.165, 1.54) is 25.3 Å². The van der Waals surface area contributed by atoms with Crippen LogP contribution in [-0.2, 0) is 11.2 Å². The lowest BCUT2D eigenvalue weighted by atomic mass is 10.0. The molecule has 130 valence electrons. The number of benzene rings is 1. The number of nitrogens with one attached hydrogen (secondary N) is 1. The van der Waals surface area contributed by atoms with Gasteiger partial charge in [0.25, 0.3) is 0 Å². The highest BCUT2D eigenvalue weighted by Gasteiger charge is 2.38. The molecule has 0 spiro atoms. The zero-order valence-electron chi connectivity index (χ0n) is 13.3. The summed E-state index contributed by atoms with van der Waals surface area (Å²) in [5.41, 5.74) is -0.550. The lowest BCUT2D eigenvalue weighted by Crippen LogP contribution is -2.31. The van der Waals surface area contributed by atoms with Crippen LogP contribution in [0.1, 0.15) is 26.3 Å². The average Bonchev–Trinajstić information content (AvgIpc) is 2.37. The van der Waals surface area contributed by atoms with E-state index in [9.17, 15) is 23.1 Å². The molecular formula is C15H20F3NO4. The largest absolute Gasteiger partial charge is 0.497 e. The summed E-state index contributed by atoms with van der Waals surface area (Å²) >= 11 is 0. The number of carbonyl (C=O) groups is 1. The minimum Gasteiger partial charge on any atom is -0.497 e. The van der Waals surface area contributed by atoms with Crippen LogP contribution in [0.5, 0.6) is 5.75 Å². The fourth-order valence-electron chi connectivity index (χ4n) is 1.73. The maximum absolute atomic E-state index is 12.5. The maximum atomic E-state index is 12.5. The number of methoxy groups -OCH3 is 1. The van der Waals surface area contributed by atoms with E-state index in [1.807, 2.05) is 0 Å². The molecule has 0 saturated heterocycles. The Bertz CT molecular complexity index is 553. The predicted octanol–water partition coefficient (Wildman–Crippen LogP) is 3.51. The molecule has 0 heterocycles. The molecule has 1 amide bonds. The second-order valence-electron chi connectivity index (χ2n) is 5.91. The molecule has 1 aromatic carbocycles. The van der Waals surface area contributed by atoms with Crippen molar-refractivity contribution in [1.29, 1.82) is 0 Å². The van der Waals surface area contributed by atoms with Crippen LogP contribution >= 0.6 is 0 Å². The highest BCUT2D eigenvalue weighted by atomic mass is 19.4. The fraction of sp³-hybridized carbons (Fsp3) is 0.533. The highest BCUT2D eigenvalue weighted by Crippen LogP contribution is 2.28. The third-order valence-electron chi connectivity index (χ3n) is 2.74. The maximum Gasteiger partial charge on any atom is 0.414 e. The first-order chi connectivity index (χ1) is 10.4. The van der Waals surface area contributed by atoms with Crippen molar-refractivity contribution in [3.8, 4) is 5.75 Å². The van der Waals surface area contributed by atoms with Crippen molar-refractivity contribution >= 4 is 11.8 Å². The van der Waals surface area contributed by atoms with E-state index in [0.29, 0.717) is 5.75 Å². The van der Waals surface area contributed by atoms with Crippen LogP contribution in [-0.4, -0.2) is 36.2 Å². The summed E-state index contributed by atoms with van der Waals surface area (Å²) < 4.78 is 47.6. The zero-order chi connectivity index (χ0) is 17.8. The SMILES string of the molecule is COc1ccc(NC(=O)OC(C)(C)C)c(CC(O)C(F)(F)F)c1. The average molecular weight is 335 g/mol. The number of ether oxygens (including phenoxy) is 2. The number of aliphatic hydroxyl groups is 1. The van der Waals surface area contributed by atoms with Gasteiger partial charge in [-0.15, -0.1) is 0 Å². The van der Waals surface area contributed by atoms with Crippen LogP contribution in [0.25, 0.3) is 0 Å². The number of hydrogen-bond donors (Lipinski definition) is 2. The lowest BCUT2D eigenvalue weighted by Gasteiger charge is -2.21. The number of amides is 1. The molecule has 1 rings (SSSR count). The molecule has 5 nitrogen and oxygen atoms in total. The van der Waals surface area contributed by atoms with Crippen LogP contribution in [0.4, 0.5) is 23.7 Å². The molecule has 1 unspecified atom stereocenters. The summed E-state index contributed by atoms with van der Waals surface area (Å²) in [7, 11) is 1.36. The fourth-order valence-corrected chi connectivity index (χ4v) is 1.73. The number of anilines is 1. The van der Waals surface area contributed by atoms with Crippen LogP contribution in [0.15, 0.2) is 18.2 Å². The summed E-state index contributed by atoms with van der Waals surface area (Å²) in [5, 5.41) is 11.6. The second-order valence-corrected chi connectivity index (χ2v) is 5.91. The molecule has 0 saturated carbocycles.